The predicted octanol–water partition coefficient (Wildman–Crippen LogP) is 3.45. The van der Waals surface area contributed by atoms with Crippen LogP contribution >= 0.6 is 42.5 Å². The second-order valence-corrected chi connectivity index (χ2v) is 6.60. The summed E-state index contributed by atoms with van der Waals surface area (Å²) in [5.74, 6) is 0. The Bertz CT molecular complexity index is 442. The van der Waals surface area contributed by atoms with Gasteiger partial charge in [-0.1, -0.05) is 15.9 Å². The van der Waals surface area contributed by atoms with Gasteiger partial charge in [-0.25, -0.2) is 8.42 Å². The van der Waals surface area contributed by atoms with Crippen LogP contribution in [0.2, 0.25) is 0 Å². The number of halogens is 3. The van der Waals surface area contributed by atoms with Gasteiger partial charge in [0.2, 0.25) is 0 Å². The van der Waals surface area contributed by atoms with Crippen LogP contribution in [-0.2, 0) is 9.05 Å². The van der Waals surface area contributed by atoms with Crippen molar-refractivity contribution in [2.24, 2.45) is 0 Å². The summed E-state index contributed by atoms with van der Waals surface area (Å²) in [4.78, 5) is 0.0925. The molecular weight excluding hydrogens is 343 g/mol. The van der Waals surface area contributed by atoms with Gasteiger partial charge in [0.15, 0.2) is 0 Å². The van der Waals surface area contributed by atoms with Crippen molar-refractivity contribution in [3.63, 3.8) is 0 Å². The van der Waals surface area contributed by atoms with E-state index in [-0.39, 0.29) is 4.90 Å². The predicted molar refractivity (Wildman–Crippen MR) is 59.6 cm³/mol. The van der Waals surface area contributed by atoms with Crippen molar-refractivity contribution in [3.05, 3.63) is 26.6 Å². The first-order valence-electron chi connectivity index (χ1n) is 3.23. The third-order valence-electron chi connectivity index (χ3n) is 1.55. The van der Waals surface area contributed by atoms with Crippen LogP contribution < -0.4 is 0 Å². The molecule has 0 radical (unpaired) electrons. The second-order valence-electron chi connectivity index (χ2n) is 2.42. The van der Waals surface area contributed by atoms with Crippen molar-refractivity contribution < 1.29 is 8.42 Å². The van der Waals surface area contributed by atoms with Crippen LogP contribution in [0.25, 0.3) is 0 Å². The Morgan fingerprint density at radius 3 is 2.31 bits per heavy atom. The maximum Gasteiger partial charge on any atom is 0.262 e. The fourth-order valence-electron chi connectivity index (χ4n) is 0.825. The summed E-state index contributed by atoms with van der Waals surface area (Å²) in [6.07, 6.45) is 0. The molecular formula is C7H5Br2ClO2S. The molecule has 0 atom stereocenters. The van der Waals surface area contributed by atoms with E-state index in [1.54, 1.807) is 13.0 Å². The highest BCUT2D eigenvalue weighted by molar-refractivity contribution is 9.11. The summed E-state index contributed by atoms with van der Waals surface area (Å²) in [5, 5.41) is 0. The first-order chi connectivity index (χ1) is 5.84. The molecule has 0 amide bonds. The first-order valence-corrected chi connectivity index (χ1v) is 7.13. The Hall–Kier alpha value is 0.420. The summed E-state index contributed by atoms with van der Waals surface area (Å²) in [7, 11) is 1.55. The molecule has 0 aromatic heterocycles. The fourth-order valence-corrected chi connectivity index (χ4v) is 3.67. The monoisotopic (exact) mass is 346 g/mol. The maximum absolute atomic E-state index is 11.0. The van der Waals surface area contributed by atoms with E-state index in [1.807, 2.05) is 0 Å². The highest BCUT2D eigenvalue weighted by atomic mass is 79.9. The zero-order valence-electron chi connectivity index (χ0n) is 6.51. The Kier molecular flexibility index (Phi) is 3.43. The van der Waals surface area contributed by atoms with Gasteiger partial charge in [0, 0.05) is 19.6 Å². The van der Waals surface area contributed by atoms with Crippen molar-refractivity contribution in [1.82, 2.24) is 0 Å². The largest absolute Gasteiger partial charge is 0.262 e. The van der Waals surface area contributed by atoms with E-state index in [2.05, 4.69) is 31.9 Å². The molecule has 2 nitrogen and oxygen atoms in total. The molecule has 1 rings (SSSR count). The number of benzene rings is 1. The molecule has 72 valence electrons. The Morgan fingerprint density at radius 2 is 1.85 bits per heavy atom. The molecule has 6 heteroatoms. The Labute approximate surface area is 98.0 Å². The third-order valence-corrected chi connectivity index (χ3v) is 5.06. The van der Waals surface area contributed by atoms with Gasteiger partial charge in [-0.05, 0) is 40.5 Å². The smallest absolute Gasteiger partial charge is 0.207 e. The minimum absolute atomic E-state index is 0.0925. The van der Waals surface area contributed by atoms with Crippen LogP contribution in [0.1, 0.15) is 5.56 Å². The lowest BCUT2D eigenvalue weighted by atomic mass is 10.2. The quantitative estimate of drug-likeness (QED) is 0.729. The first kappa shape index (κ1) is 11.5. The summed E-state index contributed by atoms with van der Waals surface area (Å²) in [6.45, 7) is 1.79. The molecule has 0 bridgehead atoms. The Balaban J connectivity index is 3.53. The summed E-state index contributed by atoms with van der Waals surface area (Å²) in [5.41, 5.74) is 0.807. The van der Waals surface area contributed by atoms with E-state index in [0.717, 1.165) is 10.0 Å². The van der Waals surface area contributed by atoms with Crippen molar-refractivity contribution in [2.45, 2.75) is 11.8 Å². The molecule has 13 heavy (non-hydrogen) atoms. The maximum atomic E-state index is 11.0. The summed E-state index contributed by atoms with van der Waals surface area (Å²) < 4.78 is 23.4. The summed E-state index contributed by atoms with van der Waals surface area (Å²) in [6, 6.07) is 3.10. The van der Waals surface area contributed by atoms with Crippen molar-refractivity contribution in [2.75, 3.05) is 0 Å². The minimum atomic E-state index is -3.67. The van der Waals surface area contributed by atoms with Crippen molar-refractivity contribution in [1.29, 1.82) is 0 Å². The molecule has 0 aliphatic rings. The van der Waals surface area contributed by atoms with Gasteiger partial charge in [-0.2, -0.15) is 0 Å². The van der Waals surface area contributed by atoms with Gasteiger partial charge >= 0.3 is 0 Å². The number of rotatable bonds is 1. The SMILES string of the molecule is Cc1c(Br)ccc(S(=O)(=O)Cl)c1Br. The standard InChI is InChI=1S/C7H5Br2ClO2S/c1-4-5(8)2-3-6(7(4)9)13(10,11)12/h2-3H,1H3. The number of hydrogen-bond acceptors (Lipinski definition) is 2. The van der Waals surface area contributed by atoms with Crippen LogP contribution in [0.15, 0.2) is 26.0 Å². The normalized spacial score (nSPS) is 11.7. The molecule has 0 saturated heterocycles. The van der Waals surface area contributed by atoms with E-state index in [1.165, 1.54) is 6.07 Å². The fraction of sp³-hybridized carbons (Fsp3) is 0.143. The van der Waals surface area contributed by atoms with E-state index in [9.17, 15) is 8.42 Å². The number of hydrogen-bond donors (Lipinski definition) is 0. The van der Waals surface area contributed by atoms with Gasteiger partial charge in [0.25, 0.3) is 9.05 Å². The highest BCUT2D eigenvalue weighted by Gasteiger charge is 2.16. The molecule has 0 aliphatic carbocycles. The van der Waals surface area contributed by atoms with Crippen LogP contribution in [0.3, 0.4) is 0 Å². The topological polar surface area (TPSA) is 34.1 Å². The molecule has 0 fully saturated rings. The average molecular weight is 348 g/mol. The van der Waals surface area contributed by atoms with Crippen molar-refractivity contribution >= 4 is 51.6 Å². The van der Waals surface area contributed by atoms with E-state index in [4.69, 9.17) is 10.7 Å². The van der Waals surface area contributed by atoms with Gasteiger partial charge < -0.3 is 0 Å². The molecule has 1 aromatic rings. The lowest BCUT2D eigenvalue weighted by molar-refractivity contribution is 0.609. The Morgan fingerprint density at radius 1 is 1.31 bits per heavy atom. The van der Waals surface area contributed by atoms with E-state index < -0.39 is 9.05 Å². The molecule has 0 N–H and O–H groups in total. The zero-order valence-corrected chi connectivity index (χ0v) is 11.3. The van der Waals surface area contributed by atoms with Crippen LogP contribution in [0, 0.1) is 6.92 Å². The zero-order chi connectivity index (χ0) is 10.2. The molecule has 0 unspecified atom stereocenters. The van der Waals surface area contributed by atoms with Gasteiger partial charge in [-0.3, -0.25) is 0 Å². The van der Waals surface area contributed by atoms with Gasteiger partial charge in [0.1, 0.15) is 0 Å². The minimum Gasteiger partial charge on any atom is -0.207 e. The van der Waals surface area contributed by atoms with E-state index in [0.29, 0.717) is 4.47 Å². The molecule has 1 aromatic carbocycles. The summed E-state index contributed by atoms with van der Waals surface area (Å²) >= 11 is 6.45. The van der Waals surface area contributed by atoms with Gasteiger partial charge in [-0.15, -0.1) is 0 Å². The van der Waals surface area contributed by atoms with Crippen LogP contribution in [0.5, 0.6) is 0 Å². The molecule has 0 aliphatic heterocycles. The third kappa shape index (κ3) is 2.46. The van der Waals surface area contributed by atoms with E-state index >= 15 is 0 Å². The molecule has 0 spiro atoms. The van der Waals surface area contributed by atoms with Gasteiger partial charge in [0.05, 0.1) is 4.90 Å². The highest BCUT2D eigenvalue weighted by Crippen LogP contribution is 2.32. The lowest BCUT2D eigenvalue weighted by Gasteiger charge is -2.05. The molecule has 0 heterocycles. The van der Waals surface area contributed by atoms with Crippen molar-refractivity contribution in [3.8, 4) is 0 Å². The average Bonchev–Trinajstić information content (AvgIpc) is 1.98. The van der Waals surface area contributed by atoms with Crippen LogP contribution in [0.4, 0.5) is 0 Å². The lowest BCUT2D eigenvalue weighted by Crippen LogP contribution is -1.94. The van der Waals surface area contributed by atoms with Crippen LogP contribution in [-0.4, -0.2) is 8.42 Å². The second kappa shape index (κ2) is 3.88. The molecule has 0 saturated carbocycles.